The van der Waals surface area contributed by atoms with E-state index in [9.17, 15) is 9.59 Å². The number of carbonyl (C=O) groups excluding carboxylic acids is 2. The number of rotatable bonds is 3. The quantitative estimate of drug-likeness (QED) is 0.768. The van der Waals surface area contributed by atoms with Gasteiger partial charge in [0.15, 0.2) is 0 Å². The minimum absolute atomic E-state index is 0. The van der Waals surface area contributed by atoms with Gasteiger partial charge in [-0.05, 0) is 30.9 Å². The molecule has 1 aliphatic carbocycles. The van der Waals surface area contributed by atoms with Crippen molar-refractivity contribution in [1.29, 1.82) is 0 Å². The standard InChI is InChI=1S/C18H25N3O3S.ClH/c22-17(20-8-10-24-11-9-20)13-19-4-6-21(7-5-19)18(23)16-12-14-2-1-3-15(14)25-16;/h12H,1-11,13H2;1H. The summed E-state index contributed by atoms with van der Waals surface area (Å²) in [6.07, 6.45) is 3.48. The van der Waals surface area contributed by atoms with Gasteiger partial charge < -0.3 is 14.5 Å². The second-order valence-electron chi connectivity index (χ2n) is 6.97. The third-order valence-electron chi connectivity index (χ3n) is 5.34. The highest BCUT2D eigenvalue weighted by Crippen LogP contribution is 2.31. The topological polar surface area (TPSA) is 53.1 Å². The van der Waals surface area contributed by atoms with E-state index in [4.69, 9.17) is 4.74 Å². The first-order valence-corrected chi connectivity index (χ1v) is 10.0. The van der Waals surface area contributed by atoms with Gasteiger partial charge in [0.1, 0.15) is 0 Å². The Morgan fingerprint density at radius 2 is 1.73 bits per heavy atom. The summed E-state index contributed by atoms with van der Waals surface area (Å²) in [5.41, 5.74) is 1.38. The van der Waals surface area contributed by atoms with Crippen molar-refractivity contribution < 1.29 is 14.3 Å². The number of hydrogen-bond donors (Lipinski definition) is 0. The number of carbonyl (C=O) groups is 2. The predicted molar refractivity (Wildman–Crippen MR) is 103 cm³/mol. The molecule has 0 radical (unpaired) electrons. The van der Waals surface area contributed by atoms with Crippen molar-refractivity contribution in [2.75, 3.05) is 59.0 Å². The lowest BCUT2D eigenvalue weighted by atomic mass is 10.2. The number of hydrogen-bond acceptors (Lipinski definition) is 5. The van der Waals surface area contributed by atoms with Crippen LogP contribution >= 0.6 is 23.7 Å². The van der Waals surface area contributed by atoms with E-state index in [-0.39, 0.29) is 24.2 Å². The summed E-state index contributed by atoms with van der Waals surface area (Å²) in [7, 11) is 0. The molecule has 8 heteroatoms. The maximum Gasteiger partial charge on any atom is 0.264 e. The van der Waals surface area contributed by atoms with Crippen LogP contribution in [0.25, 0.3) is 0 Å². The maximum atomic E-state index is 12.7. The molecule has 4 rings (SSSR count). The molecule has 3 aliphatic rings. The van der Waals surface area contributed by atoms with Crippen LogP contribution in [0.1, 0.15) is 26.5 Å². The Kier molecular flexibility index (Phi) is 6.55. The van der Waals surface area contributed by atoms with Gasteiger partial charge in [0.25, 0.3) is 5.91 Å². The molecule has 0 bridgehead atoms. The van der Waals surface area contributed by atoms with Crippen LogP contribution in [0.2, 0.25) is 0 Å². The molecular formula is C18H26ClN3O3S. The molecule has 0 saturated carbocycles. The second kappa shape index (κ2) is 8.69. The van der Waals surface area contributed by atoms with Crippen LogP contribution < -0.4 is 0 Å². The van der Waals surface area contributed by atoms with Crippen molar-refractivity contribution in [3.8, 4) is 0 Å². The second-order valence-corrected chi connectivity index (χ2v) is 8.11. The minimum atomic E-state index is 0. The van der Waals surface area contributed by atoms with Gasteiger partial charge in [0, 0.05) is 44.1 Å². The lowest BCUT2D eigenvalue weighted by molar-refractivity contribution is -0.136. The van der Waals surface area contributed by atoms with E-state index in [1.165, 1.54) is 16.9 Å². The Labute approximate surface area is 164 Å². The molecule has 1 aromatic heterocycles. The lowest BCUT2D eigenvalue weighted by Crippen LogP contribution is -2.52. The van der Waals surface area contributed by atoms with E-state index in [0.29, 0.717) is 45.9 Å². The first-order valence-electron chi connectivity index (χ1n) is 9.19. The Morgan fingerprint density at radius 1 is 1.00 bits per heavy atom. The Balaban J connectivity index is 0.00000196. The van der Waals surface area contributed by atoms with E-state index in [1.54, 1.807) is 11.3 Å². The van der Waals surface area contributed by atoms with Crippen molar-refractivity contribution >= 4 is 35.6 Å². The number of nitrogens with zero attached hydrogens (tertiary/aromatic N) is 3. The molecule has 0 atom stereocenters. The summed E-state index contributed by atoms with van der Waals surface area (Å²) in [6, 6.07) is 2.10. The molecule has 0 unspecified atom stereocenters. The summed E-state index contributed by atoms with van der Waals surface area (Å²) in [5, 5.41) is 0. The van der Waals surface area contributed by atoms with Gasteiger partial charge in [-0.1, -0.05) is 0 Å². The maximum absolute atomic E-state index is 12.7. The lowest BCUT2D eigenvalue weighted by Gasteiger charge is -2.35. The molecule has 2 aliphatic heterocycles. The zero-order valence-corrected chi connectivity index (χ0v) is 16.6. The average molecular weight is 400 g/mol. The van der Waals surface area contributed by atoms with Crippen molar-refractivity contribution in [1.82, 2.24) is 14.7 Å². The number of thiophene rings is 1. The van der Waals surface area contributed by atoms with Crippen LogP contribution in [0.5, 0.6) is 0 Å². The molecular weight excluding hydrogens is 374 g/mol. The monoisotopic (exact) mass is 399 g/mol. The van der Waals surface area contributed by atoms with Gasteiger partial charge in [0.05, 0.1) is 24.6 Å². The highest BCUT2D eigenvalue weighted by Gasteiger charge is 2.27. The number of fused-ring (bicyclic) bond motifs is 1. The van der Waals surface area contributed by atoms with Gasteiger partial charge in [-0.2, -0.15) is 0 Å². The van der Waals surface area contributed by atoms with E-state index in [2.05, 4.69) is 11.0 Å². The van der Waals surface area contributed by atoms with E-state index >= 15 is 0 Å². The molecule has 2 saturated heterocycles. The summed E-state index contributed by atoms with van der Waals surface area (Å²) in [6.45, 7) is 6.07. The zero-order valence-electron chi connectivity index (χ0n) is 14.9. The summed E-state index contributed by atoms with van der Waals surface area (Å²) in [4.78, 5) is 33.3. The molecule has 26 heavy (non-hydrogen) atoms. The van der Waals surface area contributed by atoms with Crippen molar-refractivity contribution in [2.45, 2.75) is 19.3 Å². The molecule has 2 fully saturated rings. The molecule has 0 N–H and O–H groups in total. The van der Waals surface area contributed by atoms with E-state index in [1.807, 2.05) is 9.80 Å². The van der Waals surface area contributed by atoms with Crippen molar-refractivity contribution in [3.05, 3.63) is 21.4 Å². The molecule has 2 amide bonds. The predicted octanol–water partition coefficient (Wildman–Crippen LogP) is 1.28. The van der Waals surface area contributed by atoms with Gasteiger partial charge in [-0.25, -0.2) is 0 Å². The summed E-state index contributed by atoms with van der Waals surface area (Å²) in [5.74, 6) is 0.344. The zero-order chi connectivity index (χ0) is 17.2. The van der Waals surface area contributed by atoms with Crippen molar-refractivity contribution in [2.24, 2.45) is 0 Å². The van der Waals surface area contributed by atoms with Crippen LogP contribution in [0.15, 0.2) is 6.07 Å². The highest BCUT2D eigenvalue weighted by atomic mass is 35.5. The fraction of sp³-hybridized carbons (Fsp3) is 0.667. The number of aryl methyl sites for hydroxylation is 2. The Hall–Kier alpha value is -1.15. The van der Waals surface area contributed by atoms with E-state index in [0.717, 1.165) is 30.8 Å². The SMILES string of the molecule is Cl.O=C(CN1CCN(C(=O)c2cc3c(s2)CCC3)CC1)N1CCOCC1. The molecule has 6 nitrogen and oxygen atoms in total. The minimum Gasteiger partial charge on any atom is -0.378 e. The van der Waals surface area contributed by atoms with Gasteiger partial charge in [0.2, 0.25) is 5.91 Å². The smallest absolute Gasteiger partial charge is 0.264 e. The molecule has 144 valence electrons. The van der Waals surface area contributed by atoms with Gasteiger partial charge >= 0.3 is 0 Å². The van der Waals surface area contributed by atoms with Crippen LogP contribution in [-0.2, 0) is 22.4 Å². The van der Waals surface area contributed by atoms with Crippen LogP contribution in [0.3, 0.4) is 0 Å². The Morgan fingerprint density at radius 3 is 2.42 bits per heavy atom. The summed E-state index contributed by atoms with van der Waals surface area (Å²) < 4.78 is 5.29. The first kappa shape index (κ1) is 19.6. The fourth-order valence-electron chi connectivity index (χ4n) is 3.80. The highest BCUT2D eigenvalue weighted by molar-refractivity contribution is 7.14. The first-order chi connectivity index (χ1) is 12.2. The third-order valence-corrected chi connectivity index (χ3v) is 6.56. The van der Waals surface area contributed by atoms with Crippen molar-refractivity contribution in [3.63, 3.8) is 0 Å². The van der Waals surface area contributed by atoms with Gasteiger partial charge in [-0.3, -0.25) is 14.5 Å². The fourth-order valence-corrected chi connectivity index (χ4v) is 5.02. The van der Waals surface area contributed by atoms with Crippen LogP contribution in [-0.4, -0.2) is 85.5 Å². The number of amides is 2. The van der Waals surface area contributed by atoms with Crippen LogP contribution in [0.4, 0.5) is 0 Å². The van der Waals surface area contributed by atoms with Crippen LogP contribution in [0, 0.1) is 0 Å². The normalized spacial score (nSPS) is 20.6. The largest absolute Gasteiger partial charge is 0.378 e. The van der Waals surface area contributed by atoms with Gasteiger partial charge in [-0.15, -0.1) is 23.7 Å². The molecule has 3 heterocycles. The number of ether oxygens (including phenoxy) is 1. The molecule has 1 aromatic rings. The van der Waals surface area contributed by atoms with E-state index < -0.39 is 0 Å². The Bertz CT molecular complexity index is 631. The third kappa shape index (κ3) is 4.22. The average Bonchev–Trinajstić information content (AvgIpc) is 3.24. The number of piperazine rings is 1. The molecule has 0 spiro atoms. The number of halogens is 1. The number of morpholine rings is 1. The molecule has 0 aromatic carbocycles. The summed E-state index contributed by atoms with van der Waals surface area (Å²) >= 11 is 1.68.